The molecular weight excluding hydrogens is 212 g/mol. The van der Waals surface area contributed by atoms with Gasteiger partial charge in [-0.3, -0.25) is 4.98 Å². The van der Waals surface area contributed by atoms with Gasteiger partial charge in [0.15, 0.2) is 0 Å². The highest BCUT2D eigenvalue weighted by Gasteiger charge is 2.07. The zero-order chi connectivity index (χ0) is 12.3. The fraction of sp³-hybridized carbons (Fsp3) is 0.0714. The van der Waals surface area contributed by atoms with Crippen molar-refractivity contribution in [1.29, 1.82) is 0 Å². The zero-order valence-electron chi connectivity index (χ0n) is 9.68. The van der Waals surface area contributed by atoms with Crippen molar-refractivity contribution in [2.45, 2.75) is 0 Å². The molecule has 0 atom stereocenters. The Morgan fingerprint density at radius 1 is 1.24 bits per heavy atom. The van der Waals surface area contributed by atoms with Crippen LogP contribution in [0.2, 0.25) is 0 Å². The van der Waals surface area contributed by atoms with Gasteiger partial charge in [-0.25, -0.2) is 0 Å². The van der Waals surface area contributed by atoms with Gasteiger partial charge in [-0.2, -0.15) is 0 Å². The molecule has 3 heteroatoms. The Morgan fingerprint density at radius 2 is 1.94 bits per heavy atom. The minimum atomic E-state index is 0.633. The Balaban J connectivity index is 2.34. The smallest absolute Gasteiger partial charge is 0.118 e. The normalized spacial score (nSPS) is 9.94. The van der Waals surface area contributed by atoms with E-state index < -0.39 is 0 Å². The van der Waals surface area contributed by atoms with Gasteiger partial charge < -0.3 is 10.5 Å². The van der Waals surface area contributed by atoms with Crippen LogP contribution in [-0.4, -0.2) is 12.1 Å². The summed E-state index contributed by atoms with van der Waals surface area (Å²) in [4.78, 5) is 4.24. The van der Waals surface area contributed by atoms with Gasteiger partial charge in [-0.15, -0.1) is 0 Å². The average Bonchev–Trinajstić information content (AvgIpc) is 2.39. The van der Waals surface area contributed by atoms with E-state index in [1.807, 2.05) is 30.3 Å². The lowest BCUT2D eigenvalue weighted by Gasteiger charge is -2.08. The number of ether oxygens (including phenoxy) is 1. The number of nitrogens with zero attached hydrogens (tertiary/aromatic N) is 1. The monoisotopic (exact) mass is 226 g/mol. The minimum absolute atomic E-state index is 0.633. The lowest BCUT2D eigenvalue weighted by atomic mass is 10.0. The lowest BCUT2D eigenvalue weighted by Crippen LogP contribution is -1.97. The van der Waals surface area contributed by atoms with Crippen LogP contribution in [0.25, 0.3) is 5.57 Å². The first-order chi connectivity index (χ1) is 8.22. The summed E-state index contributed by atoms with van der Waals surface area (Å²) in [5, 5.41) is 0. The number of benzene rings is 1. The van der Waals surface area contributed by atoms with Crippen molar-refractivity contribution in [2.24, 2.45) is 0 Å². The van der Waals surface area contributed by atoms with E-state index in [1.54, 1.807) is 19.4 Å². The summed E-state index contributed by atoms with van der Waals surface area (Å²) in [7, 11) is 1.64. The summed E-state index contributed by atoms with van der Waals surface area (Å²) >= 11 is 0. The maximum Gasteiger partial charge on any atom is 0.118 e. The van der Waals surface area contributed by atoms with Crippen LogP contribution in [-0.2, 0) is 0 Å². The van der Waals surface area contributed by atoms with E-state index in [2.05, 4.69) is 11.6 Å². The fourth-order valence-electron chi connectivity index (χ4n) is 1.60. The molecule has 1 aromatic carbocycles. The van der Waals surface area contributed by atoms with Gasteiger partial charge in [0.25, 0.3) is 0 Å². The highest BCUT2D eigenvalue weighted by atomic mass is 16.5. The van der Waals surface area contributed by atoms with Crippen molar-refractivity contribution in [2.75, 3.05) is 12.8 Å². The molecule has 0 saturated carbocycles. The van der Waals surface area contributed by atoms with Crippen molar-refractivity contribution in [3.63, 3.8) is 0 Å². The average molecular weight is 226 g/mol. The Hall–Kier alpha value is -2.29. The van der Waals surface area contributed by atoms with Crippen LogP contribution in [0.1, 0.15) is 11.3 Å². The molecule has 3 nitrogen and oxygen atoms in total. The summed E-state index contributed by atoms with van der Waals surface area (Å²) in [5.74, 6) is 0.815. The summed E-state index contributed by atoms with van der Waals surface area (Å²) < 4.78 is 5.11. The number of aromatic nitrogens is 1. The molecule has 0 fully saturated rings. The van der Waals surface area contributed by atoms with E-state index >= 15 is 0 Å². The predicted octanol–water partition coefficient (Wildman–Crippen LogP) is 2.73. The maximum atomic E-state index is 5.87. The van der Waals surface area contributed by atoms with E-state index in [1.165, 1.54) is 0 Å². The second-order valence-corrected chi connectivity index (χ2v) is 3.65. The van der Waals surface area contributed by atoms with Gasteiger partial charge in [0.05, 0.1) is 18.5 Å². The molecule has 2 N–H and O–H groups in total. The molecule has 0 amide bonds. The Labute approximate surface area is 101 Å². The molecule has 0 aliphatic rings. The summed E-state index contributed by atoms with van der Waals surface area (Å²) in [6, 6.07) is 11.3. The molecule has 2 rings (SSSR count). The van der Waals surface area contributed by atoms with Crippen LogP contribution in [0.3, 0.4) is 0 Å². The third-order valence-corrected chi connectivity index (χ3v) is 2.56. The maximum absolute atomic E-state index is 5.87. The fourth-order valence-corrected chi connectivity index (χ4v) is 1.60. The van der Waals surface area contributed by atoms with Crippen LogP contribution >= 0.6 is 0 Å². The minimum Gasteiger partial charge on any atom is -0.497 e. The van der Waals surface area contributed by atoms with Crippen molar-refractivity contribution in [1.82, 2.24) is 4.98 Å². The molecule has 86 valence electrons. The molecule has 2 aromatic rings. The van der Waals surface area contributed by atoms with E-state index in [0.717, 1.165) is 22.6 Å². The third kappa shape index (κ3) is 2.28. The van der Waals surface area contributed by atoms with Crippen LogP contribution < -0.4 is 10.5 Å². The predicted molar refractivity (Wildman–Crippen MR) is 69.8 cm³/mol. The number of methoxy groups -OCH3 is 1. The topological polar surface area (TPSA) is 48.1 Å². The molecule has 0 saturated heterocycles. The summed E-state index contributed by atoms with van der Waals surface area (Å²) in [6.45, 7) is 4.03. The van der Waals surface area contributed by atoms with Crippen LogP contribution in [0.15, 0.2) is 49.2 Å². The Bertz CT molecular complexity index is 532. The second kappa shape index (κ2) is 4.70. The van der Waals surface area contributed by atoms with Gasteiger partial charge in [0, 0.05) is 11.8 Å². The van der Waals surface area contributed by atoms with Crippen LogP contribution in [0.4, 0.5) is 5.69 Å². The molecule has 0 aliphatic carbocycles. The van der Waals surface area contributed by atoms with E-state index in [4.69, 9.17) is 10.5 Å². The van der Waals surface area contributed by atoms with Crippen molar-refractivity contribution >= 4 is 11.3 Å². The number of nitrogens with two attached hydrogens (primary N) is 1. The van der Waals surface area contributed by atoms with Crippen LogP contribution in [0, 0.1) is 0 Å². The Kier molecular flexibility index (Phi) is 3.10. The molecule has 0 radical (unpaired) electrons. The quantitative estimate of drug-likeness (QED) is 0.875. The lowest BCUT2D eigenvalue weighted by molar-refractivity contribution is 0.415. The van der Waals surface area contributed by atoms with E-state index in [9.17, 15) is 0 Å². The molecule has 0 spiro atoms. The van der Waals surface area contributed by atoms with Crippen molar-refractivity contribution in [3.05, 3.63) is 60.4 Å². The zero-order valence-corrected chi connectivity index (χ0v) is 9.68. The first-order valence-corrected chi connectivity index (χ1v) is 5.26. The number of anilines is 1. The molecule has 1 aromatic heterocycles. The first kappa shape index (κ1) is 11.2. The van der Waals surface area contributed by atoms with E-state index in [0.29, 0.717) is 5.69 Å². The van der Waals surface area contributed by atoms with Crippen molar-refractivity contribution in [3.8, 4) is 5.75 Å². The highest BCUT2D eigenvalue weighted by Crippen LogP contribution is 2.25. The standard InChI is InChI=1S/C14H14N2O/c1-10(14-13(15)4-3-9-16-14)11-5-7-12(17-2)8-6-11/h3-9H,1,15H2,2H3. The summed E-state index contributed by atoms with van der Waals surface area (Å²) in [6.07, 6.45) is 1.71. The van der Waals surface area contributed by atoms with Gasteiger partial charge >= 0.3 is 0 Å². The molecule has 0 bridgehead atoms. The molecule has 0 aliphatic heterocycles. The van der Waals surface area contributed by atoms with Crippen molar-refractivity contribution < 1.29 is 4.74 Å². The highest BCUT2D eigenvalue weighted by molar-refractivity contribution is 5.81. The molecule has 0 unspecified atom stereocenters. The SMILES string of the molecule is C=C(c1ccc(OC)cc1)c1ncccc1N. The first-order valence-electron chi connectivity index (χ1n) is 5.26. The molecule has 1 heterocycles. The number of hydrogen-bond acceptors (Lipinski definition) is 3. The van der Waals surface area contributed by atoms with Gasteiger partial charge in [-0.05, 0) is 29.8 Å². The van der Waals surface area contributed by atoms with E-state index in [-0.39, 0.29) is 0 Å². The molecular formula is C14H14N2O. The van der Waals surface area contributed by atoms with Crippen LogP contribution in [0.5, 0.6) is 5.75 Å². The van der Waals surface area contributed by atoms with Gasteiger partial charge in [0.1, 0.15) is 5.75 Å². The Morgan fingerprint density at radius 3 is 2.53 bits per heavy atom. The number of hydrogen-bond donors (Lipinski definition) is 1. The molecule has 17 heavy (non-hydrogen) atoms. The number of rotatable bonds is 3. The third-order valence-electron chi connectivity index (χ3n) is 2.56. The van der Waals surface area contributed by atoms with Gasteiger partial charge in [-0.1, -0.05) is 18.7 Å². The summed E-state index contributed by atoms with van der Waals surface area (Å²) in [5.41, 5.74) is 9.01. The van der Waals surface area contributed by atoms with Gasteiger partial charge in [0.2, 0.25) is 0 Å². The number of nitrogen functional groups attached to an aromatic ring is 1. The second-order valence-electron chi connectivity index (χ2n) is 3.65. The number of pyridine rings is 1. The largest absolute Gasteiger partial charge is 0.497 e.